The summed E-state index contributed by atoms with van der Waals surface area (Å²) in [5.74, 6) is -0.0583. The van der Waals surface area contributed by atoms with Gasteiger partial charge in [-0.1, -0.05) is 0 Å². The third kappa shape index (κ3) is 2.70. The van der Waals surface area contributed by atoms with Gasteiger partial charge in [0.15, 0.2) is 0 Å². The minimum Gasteiger partial charge on any atom is -0.508 e. The highest BCUT2D eigenvalue weighted by Gasteiger charge is 2.25. The van der Waals surface area contributed by atoms with E-state index in [4.69, 9.17) is 5.14 Å². The van der Waals surface area contributed by atoms with Crippen molar-refractivity contribution < 1.29 is 21.9 Å². The lowest BCUT2D eigenvalue weighted by molar-refractivity contribution is 0.475. The Morgan fingerprint density at radius 2 is 1.65 bits per heavy atom. The van der Waals surface area contributed by atoms with Crippen molar-refractivity contribution in [3.8, 4) is 5.75 Å². The Balaban J connectivity index is 2.61. The number of hydrogen-bond acceptors (Lipinski definition) is 6. The van der Waals surface area contributed by atoms with Crippen molar-refractivity contribution in [2.75, 3.05) is 0 Å². The van der Waals surface area contributed by atoms with Crippen LogP contribution in [0.2, 0.25) is 0 Å². The molecule has 0 bridgehead atoms. The zero-order chi connectivity index (χ0) is 15.1. The lowest BCUT2D eigenvalue weighted by atomic mass is 10.3. The number of phenols is 1. The Morgan fingerprint density at radius 1 is 1.10 bits per heavy atom. The van der Waals surface area contributed by atoms with Crippen molar-refractivity contribution in [2.24, 2.45) is 5.14 Å². The molecule has 108 valence electrons. The smallest absolute Gasteiger partial charge is 0.247 e. The van der Waals surface area contributed by atoms with Crippen LogP contribution in [0.15, 0.2) is 43.6 Å². The molecule has 0 amide bonds. The fraction of sp³-hybridized carbons (Fsp3) is 0.0909. The molecule has 0 radical (unpaired) electrons. The van der Waals surface area contributed by atoms with Crippen molar-refractivity contribution in [3.63, 3.8) is 0 Å². The van der Waals surface area contributed by atoms with Crippen molar-refractivity contribution in [3.05, 3.63) is 35.9 Å². The molecule has 1 aromatic carbocycles. The zero-order valence-electron chi connectivity index (χ0n) is 10.3. The van der Waals surface area contributed by atoms with Crippen LogP contribution in [0.5, 0.6) is 5.75 Å². The van der Waals surface area contributed by atoms with Gasteiger partial charge >= 0.3 is 0 Å². The monoisotopic (exact) mass is 333 g/mol. The zero-order valence-corrected chi connectivity index (χ0v) is 12.7. The molecule has 0 fully saturated rings. The summed E-state index contributed by atoms with van der Waals surface area (Å²) >= 11 is 0.609. The molecular weight excluding hydrogens is 322 g/mol. The van der Waals surface area contributed by atoms with Crippen LogP contribution >= 0.6 is 11.3 Å². The normalized spacial score (nSPS) is 12.5. The second-order valence-corrected chi connectivity index (χ2v) is 9.06. The Morgan fingerprint density at radius 3 is 2.10 bits per heavy atom. The number of nitrogens with two attached hydrogens (primary N) is 1. The maximum Gasteiger partial charge on any atom is 0.247 e. The van der Waals surface area contributed by atoms with Gasteiger partial charge in [-0.3, -0.25) is 0 Å². The van der Waals surface area contributed by atoms with Crippen molar-refractivity contribution in [2.45, 2.75) is 20.2 Å². The van der Waals surface area contributed by atoms with E-state index >= 15 is 0 Å². The molecule has 1 aromatic heterocycles. The quantitative estimate of drug-likeness (QED) is 0.877. The summed E-state index contributed by atoms with van der Waals surface area (Å²) in [5.41, 5.74) is 0.312. The second-order valence-electron chi connectivity index (χ2n) is 4.08. The van der Waals surface area contributed by atoms with Gasteiger partial charge in [-0.2, -0.15) is 0 Å². The number of aromatic hydroxyl groups is 1. The molecule has 0 unspecified atom stereocenters. The fourth-order valence-corrected chi connectivity index (χ4v) is 5.62. The van der Waals surface area contributed by atoms with Gasteiger partial charge in [0, 0.05) is 0 Å². The number of sulfone groups is 1. The van der Waals surface area contributed by atoms with Gasteiger partial charge in [-0.15, -0.1) is 11.3 Å². The van der Waals surface area contributed by atoms with Crippen molar-refractivity contribution in [1.82, 2.24) is 0 Å². The van der Waals surface area contributed by atoms with E-state index in [9.17, 15) is 21.9 Å². The van der Waals surface area contributed by atoms with Gasteiger partial charge in [0.05, 0.1) is 4.90 Å². The number of rotatable bonds is 3. The maximum atomic E-state index is 12.4. The van der Waals surface area contributed by atoms with E-state index in [1.54, 1.807) is 0 Å². The highest BCUT2D eigenvalue weighted by atomic mass is 32.3. The molecule has 0 aliphatic heterocycles. The fourth-order valence-electron chi connectivity index (χ4n) is 1.58. The van der Waals surface area contributed by atoms with E-state index in [0.29, 0.717) is 16.9 Å². The SMILES string of the molecule is Cc1cc(S(N)(=O)=O)sc1S(=O)(=O)c1ccc(O)cc1. The first-order valence-electron chi connectivity index (χ1n) is 5.30. The minimum absolute atomic E-state index is 0.0266. The number of phenolic OH excluding ortho intramolecular Hbond substituents is 1. The van der Waals surface area contributed by atoms with Crippen molar-refractivity contribution in [1.29, 1.82) is 0 Å². The topological polar surface area (TPSA) is 115 Å². The van der Waals surface area contributed by atoms with Crippen LogP contribution in [0.4, 0.5) is 0 Å². The number of aryl methyl sites for hydroxylation is 1. The van der Waals surface area contributed by atoms with Gasteiger partial charge in [-0.25, -0.2) is 22.0 Å². The molecular formula is C11H11NO5S3. The molecule has 0 aliphatic rings. The summed E-state index contributed by atoms with van der Waals surface area (Å²) < 4.78 is 47.1. The van der Waals surface area contributed by atoms with Gasteiger partial charge < -0.3 is 5.11 Å². The lowest BCUT2D eigenvalue weighted by Crippen LogP contribution is -2.09. The van der Waals surface area contributed by atoms with Crippen LogP contribution in [0.3, 0.4) is 0 Å². The van der Waals surface area contributed by atoms with Crippen LogP contribution in [0, 0.1) is 6.92 Å². The third-order valence-electron chi connectivity index (χ3n) is 2.52. The molecule has 20 heavy (non-hydrogen) atoms. The molecule has 0 atom stereocenters. The molecule has 2 rings (SSSR count). The Kier molecular flexibility index (Phi) is 3.63. The standard InChI is InChI=1S/C11H11NO5S3/c1-7-6-10(20(12,16)17)18-11(7)19(14,15)9-4-2-8(13)3-5-9/h2-6,13H,1H3,(H2,12,16,17). The van der Waals surface area contributed by atoms with Crippen LogP contribution in [0.1, 0.15) is 5.56 Å². The van der Waals surface area contributed by atoms with E-state index in [1.807, 2.05) is 0 Å². The first kappa shape index (κ1) is 15.0. The molecule has 3 N–H and O–H groups in total. The summed E-state index contributed by atoms with van der Waals surface area (Å²) in [4.78, 5) is -0.0266. The van der Waals surface area contributed by atoms with Crippen LogP contribution in [0.25, 0.3) is 0 Å². The van der Waals surface area contributed by atoms with E-state index in [-0.39, 0.29) is 19.1 Å². The third-order valence-corrected chi connectivity index (χ3v) is 7.58. The van der Waals surface area contributed by atoms with E-state index < -0.39 is 19.9 Å². The average Bonchev–Trinajstić information content (AvgIpc) is 2.72. The van der Waals surface area contributed by atoms with Gasteiger partial charge in [0.25, 0.3) is 0 Å². The number of primary sulfonamides is 1. The first-order valence-corrected chi connectivity index (χ1v) is 9.14. The average molecular weight is 333 g/mol. The predicted octanol–water partition coefficient (Wildman–Crippen LogP) is 1.24. The van der Waals surface area contributed by atoms with Crippen LogP contribution < -0.4 is 5.14 Å². The van der Waals surface area contributed by atoms with Crippen LogP contribution in [-0.4, -0.2) is 21.9 Å². The second kappa shape index (κ2) is 4.85. The van der Waals surface area contributed by atoms with Gasteiger partial charge in [-0.05, 0) is 42.8 Å². The number of benzene rings is 1. The molecule has 1 heterocycles. The van der Waals surface area contributed by atoms with E-state index in [1.165, 1.54) is 37.3 Å². The predicted molar refractivity (Wildman–Crippen MR) is 74.0 cm³/mol. The molecule has 0 saturated heterocycles. The first-order chi connectivity index (χ1) is 9.12. The highest BCUT2D eigenvalue weighted by Crippen LogP contribution is 2.33. The number of sulfonamides is 1. The lowest BCUT2D eigenvalue weighted by Gasteiger charge is -2.03. The Labute approximate surface area is 120 Å². The molecule has 0 spiro atoms. The summed E-state index contributed by atoms with van der Waals surface area (Å²) in [5, 5.41) is 14.2. The molecule has 0 saturated carbocycles. The molecule has 6 nitrogen and oxygen atoms in total. The minimum atomic E-state index is -3.94. The Hall–Kier alpha value is -1.42. The van der Waals surface area contributed by atoms with Gasteiger partial charge in [0.2, 0.25) is 19.9 Å². The summed E-state index contributed by atoms with van der Waals surface area (Å²) in [6, 6.07) is 6.22. The Bertz CT molecular complexity index is 848. The number of thiophene rings is 1. The summed E-state index contributed by atoms with van der Waals surface area (Å²) in [6.07, 6.45) is 0. The largest absolute Gasteiger partial charge is 0.508 e. The molecule has 0 aliphatic carbocycles. The van der Waals surface area contributed by atoms with E-state index in [2.05, 4.69) is 0 Å². The summed E-state index contributed by atoms with van der Waals surface area (Å²) in [7, 11) is -7.78. The molecule has 2 aromatic rings. The van der Waals surface area contributed by atoms with E-state index in [0.717, 1.165) is 0 Å². The molecule has 9 heteroatoms. The highest BCUT2D eigenvalue weighted by molar-refractivity contribution is 7.95. The summed E-state index contributed by atoms with van der Waals surface area (Å²) in [6.45, 7) is 1.50. The van der Waals surface area contributed by atoms with Crippen LogP contribution in [-0.2, 0) is 19.9 Å². The van der Waals surface area contributed by atoms with Crippen molar-refractivity contribution >= 4 is 31.2 Å². The number of hydrogen-bond donors (Lipinski definition) is 2. The van der Waals surface area contributed by atoms with Gasteiger partial charge in [0.1, 0.15) is 14.2 Å². The maximum absolute atomic E-state index is 12.4.